The van der Waals surface area contributed by atoms with Gasteiger partial charge in [0.25, 0.3) is 0 Å². The fourth-order valence-corrected chi connectivity index (χ4v) is 4.01. The summed E-state index contributed by atoms with van der Waals surface area (Å²) in [7, 11) is 0. The van der Waals surface area contributed by atoms with Crippen molar-refractivity contribution in [2.75, 3.05) is 37.6 Å². The molecule has 0 unspecified atom stereocenters. The van der Waals surface area contributed by atoms with Crippen molar-refractivity contribution in [3.63, 3.8) is 0 Å². The van der Waals surface area contributed by atoms with Crippen LogP contribution < -0.4 is 10.7 Å². The summed E-state index contributed by atoms with van der Waals surface area (Å²) in [6.45, 7) is 4.16. The molecule has 1 aromatic heterocycles. The summed E-state index contributed by atoms with van der Waals surface area (Å²) in [5.41, 5.74) is 2.29. The molecule has 2 heterocycles. The first-order valence-electron chi connectivity index (χ1n) is 9.40. The van der Waals surface area contributed by atoms with Crippen molar-refractivity contribution in [2.24, 2.45) is 0 Å². The van der Waals surface area contributed by atoms with Crippen LogP contribution >= 0.6 is 35.6 Å². The predicted octanol–water partition coefficient (Wildman–Crippen LogP) is 4.87. The van der Waals surface area contributed by atoms with Gasteiger partial charge >= 0.3 is 5.76 Å². The van der Waals surface area contributed by atoms with Crippen molar-refractivity contribution in [1.29, 1.82) is 0 Å². The van der Waals surface area contributed by atoms with Crippen LogP contribution in [-0.2, 0) is 6.42 Å². The Kier molecular flexibility index (Phi) is 7.47. The number of H-pyrrole nitrogens is 1. The van der Waals surface area contributed by atoms with Crippen LogP contribution in [0.15, 0.2) is 51.7 Å². The van der Waals surface area contributed by atoms with E-state index in [2.05, 4.69) is 14.8 Å². The SMILES string of the molecule is Cl.O=c1[nH]c(-c2ccc(F)cc2)c(CCN2CCN(c3cccc(Cl)c3Cl)CC2)o1. The zero-order chi connectivity index (χ0) is 20.4. The summed E-state index contributed by atoms with van der Waals surface area (Å²) in [5.74, 6) is -0.236. The zero-order valence-corrected chi connectivity index (χ0v) is 18.4. The van der Waals surface area contributed by atoms with Crippen molar-refractivity contribution < 1.29 is 8.81 Å². The van der Waals surface area contributed by atoms with Gasteiger partial charge in [-0.25, -0.2) is 9.18 Å². The molecule has 9 heteroatoms. The third-order valence-electron chi connectivity index (χ3n) is 5.15. The van der Waals surface area contributed by atoms with Gasteiger partial charge in [0.2, 0.25) is 0 Å². The fraction of sp³-hybridized carbons (Fsp3) is 0.286. The van der Waals surface area contributed by atoms with Crippen LogP contribution in [0.3, 0.4) is 0 Å². The maximum absolute atomic E-state index is 13.2. The van der Waals surface area contributed by atoms with E-state index in [4.69, 9.17) is 27.6 Å². The Balaban J connectivity index is 0.00000256. The quantitative estimate of drug-likeness (QED) is 0.576. The van der Waals surface area contributed by atoms with Crippen LogP contribution in [0.1, 0.15) is 5.76 Å². The number of rotatable bonds is 5. The van der Waals surface area contributed by atoms with Gasteiger partial charge in [-0.1, -0.05) is 29.3 Å². The largest absolute Gasteiger partial charge is 0.416 e. The normalized spacial score (nSPS) is 14.6. The Morgan fingerprint density at radius 2 is 1.73 bits per heavy atom. The molecule has 3 aromatic rings. The molecule has 30 heavy (non-hydrogen) atoms. The average Bonchev–Trinajstić information content (AvgIpc) is 3.10. The van der Waals surface area contributed by atoms with Gasteiger partial charge < -0.3 is 9.32 Å². The van der Waals surface area contributed by atoms with Crippen molar-refractivity contribution in [2.45, 2.75) is 6.42 Å². The number of halogens is 4. The first-order chi connectivity index (χ1) is 14.0. The number of piperazine rings is 1. The Bertz CT molecular complexity index is 1040. The minimum absolute atomic E-state index is 0. The highest BCUT2D eigenvalue weighted by Gasteiger charge is 2.21. The number of oxazole rings is 1. The van der Waals surface area contributed by atoms with Crippen molar-refractivity contribution >= 4 is 41.3 Å². The van der Waals surface area contributed by atoms with E-state index in [9.17, 15) is 9.18 Å². The second-order valence-electron chi connectivity index (χ2n) is 6.97. The third kappa shape index (κ3) is 5.01. The molecule has 1 fully saturated rings. The summed E-state index contributed by atoms with van der Waals surface area (Å²) < 4.78 is 18.5. The van der Waals surface area contributed by atoms with E-state index in [1.165, 1.54) is 12.1 Å². The van der Waals surface area contributed by atoms with E-state index in [-0.39, 0.29) is 18.2 Å². The molecule has 1 saturated heterocycles. The number of hydrogen-bond acceptors (Lipinski definition) is 4. The molecule has 4 rings (SSSR count). The molecule has 0 spiro atoms. The Morgan fingerprint density at radius 3 is 2.43 bits per heavy atom. The molecule has 1 aliphatic heterocycles. The maximum Gasteiger partial charge on any atom is 0.416 e. The number of benzene rings is 2. The Labute approximate surface area is 189 Å². The van der Waals surface area contributed by atoms with Crippen LogP contribution in [-0.4, -0.2) is 42.6 Å². The molecule has 0 atom stereocenters. The van der Waals surface area contributed by atoms with Crippen molar-refractivity contribution in [3.8, 4) is 11.3 Å². The Morgan fingerprint density at radius 1 is 1.03 bits per heavy atom. The Hall–Kier alpha value is -1.99. The lowest BCUT2D eigenvalue weighted by Crippen LogP contribution is -2.47. The number of anilines is 1. The smallest absolute Gasteiger partial charge is 0.412 e. The fourth-order valence-electron chi connectivity index (χ4n) is 3.59. The summed E-state index contributed by atoms with van der Waals surface area (Å²) in [6, 6.07) is 11.7. The summed E-state index contributed by atoms with van der Waals surface area (Å²) in [5, 5.41) is 1.14. The molecule has 0 bridgehead atoms. The molecular weight excluding hydrogens is 452 g/mol. The van der Waals surface area contributed by atoms with Gasteiger partial charge in [0.15, 0.2) is 0 Å². The first-order valence-corrected chi connectivity index (χ1v) is 10.2. The van der Waals surface area contributed by atoms with Gasteiger partial charge in [0.05, 0.1) is 21.4 Å². The molecule has 0 amide bonds. The summed E-state index contributed by atoms with van der Waals surface area (Å²) in [6.07, 6.45) is 0.587. The lowest BCUT2D eigenvalue weighted by Gasteiger charge is -2.36. The van der Waals surface area contributed by atoms with Crippen LogP contribution in [0.5, 0.6) is 0 Å². The second kappa shape index (κ2) is 9.88. The topological polar surface area (TPSA) is 52.5 Å². The molecule has 160 valence electrons. The van der Waals surface area contributed by atoms with Gasteiger partial charge in [0, 0.05) is 44.7 Å². The predicted molar refractivity (Wildman–Crippen MR) is 121 cm³/mol. The third-order valence-corrected chi connectivity index (χ3v) is 5.96. The van der Waals surface area contributed by atoms with Crippen LogP contribution in [0.4, 0.5) is 10.1 Å². The standard InChI is InChI=1S/C21H20Cl2FN3O2.ClH/c22-16-2-1-3-17(19(16)23)27-12-10-26(11-13-27)9-8-18-20(25-21(28)29-18)14-4-6-15(24)7-5-14;/h1-7H,8-13H2,(H,25,28);1H. The van der Waals surface area contributed by atoms with Crippen LogP contribution in [0.25, 0.3) is 11.3 Å². The molecule has 1 N–H and O–H groups in total. The molecular formula is C21H21Cl3FN3O2. The van der Waals surface area contributed by atoms with E-state index in [0.717, 1.165) is 44.0 Å². The number of nitrogens with zero attached hydrogens (tertiary/aromatic N) is 2. The van der Waals surface area contributed by atoms with E-state index in [1.807, 2.05) is 12.1 Å². The molecule has 0 radical (unpaired) electrons. The number of aromatic amines is 1. The van der Waals surface area contributed by atoms with Gasteiger partial charge in [-0.15, -0.1) is 12.4 Å². The van der Waals surface area contributed by atoms with Crippen LogP contribution in [0, 0.1) is 5.82 Å². The lowest BCUT2D eigenvalue weighted by molar-refractivity contribution is 0.254. The van der Waals surface area contributed by atoms with Crippen molar-refractivity contribution in [3.05, 3.63) is 74.6 Å². The zero-order valence-electron chi connectivity index (χ0n) is 16.0. The van der Waals surface area contributed by atoms with Gasteiger partial charge in [-0.3, -0.25) is 9.88 Å². The molecule has 2 aromatic carbocycles. The highest BCUT2D eigenvalue weighted by Crippen LogP contribution is 2.33. The van der Waals surface area contributed by atoms with Crippen molar-refractivity contribution in [1.82, 2.24) is 9.88 Å². The van der Waals surface area contributed by atoms with Gasteiger partial charge in [-0.05, 0) is 36.4 Å². The second-order valence-corrected chi connectivity index (χ2v) is 7.76. The lowest BCUT2D eigenvalue weighted by atomic mass is 10.1. The van der Waals surface area contributed by atoms with Crippen LogP contribution in [0.2, 0.25) is 10.0 Å². The number of aromatic nitrogens is 1. The minimum atomic E-state index is -0.500. The van der Waals surface area contributed by atoms with E-state index in [0.29, 0.717) is 27.9 Å². The highest BCUT2D eigenvalue weighted by atomic mass is 35.5. The van der Waals surface area contributed by atoms with Gasteiger partial charge in [-0.2, -0.15) is 0 Å². The molecule has 0 saturated carbocycles. The van der Waals surface area contributed by atoms with Gasteiger partial charge in [0.1, 0.15) is 11.6 Å². The highest BCUT2D eigenvalue weighted by molar-refractivity contribution is 6.43. The minimum Gasteiger partial charge on any atom is -0.412 e. The molecule has 5 nitrogen and oxygen atoms in total. The molecule has 1 aliphatic rings. The number of hydrogen-bond donors (Lipinski definition) is 1. The average molecular weight is 473 g/mol. The van der Waals surface area contributed by atoms with E-state index >= 15 is 0 Å². The summed E-state index contributed by atoms with van der Waals surface area (Å²) in [4.78, 5) is 19.0. The summed E-state index contributed by atoms with van der Waals surface area (Å²) >= 11 is 12.5. The first kappa shape index (κ1) is 22.7. The monoisotopic (exact) mass is 471 g/mol. The van der Waals surface area contributed by atoms with E-state index < -0.39 is 5.76 Å². The maximum atomic E-state index is 13.2. The number of nitrogens with one attached hydrogen (secondary N) is 1. The van der Waals surface area contributed by atoms with E-state index in [1.54, 1.807) is 18.2 Å². The molecule has 0 aliphatic carbocycles.